The second-order valence-electron chi connectivity index (χ2n) is 4.21. The van der Waals surface area contributed by atoms with E-state index in [1.165, 1.54) is 6.07 Å². The average Bonchev–Trinajstić information content (AvgIpc) is 2.45. The highest BCUT2D eigenvalue weighted by Gasteiger charge is 2.17. The summed E-state index contributed by atoms with van der Waals surface area (Å²) in [5.74, 6) is -3.35. The molecule has 1 rings (SSSR count). The normalized spacial score (nSPS) is 11.6. The van der Waals surface area contributed by atoms with Gasteiger partial charge in [0, 0.05) is 12.1 Å². The smallest absolute Gasteiger partial charge is 0.340 e. The molecule has 0 aliphatic heterocycles. The molecule has 4 N–H and O–H groups in total. The van der Waals surface area contributed by atoms with Crippen LogP contribution < -0.4 is 11.1 Å². The number of nitrogens with two attached hydrogens (primary N) is 1. The van der Waals surface area contributed by atoms with Crippen LogP contribution in [0.2, 0.25) is 0 Å². The molecule has 0 aromatic heterocycles. The quantitative estimate of drug-likeness (QED) is 0.667. The Labute approximate surface area is 119 Å². The maximum absolute atomic E-state index is 13.4. The van der Waals surface area contributed by atoms with Crippen LogP contribution in [0.3, 0.4) is 0 Å². The van der Waals surface area contributed by atoms with Gasteiger partial charge in [-0.1, -0.05) is 0 Å². The standard InChI is InChI=1S/C13H15FN2O5/c1-21-13(20)8-6-7(2-3-9(8)14)16-12(19)10(15)4-5-11(17)18/h2-3,6,10H,4-5,15H2,1H3,(H,16,19)(H,17,18). The van der Waals surface area contributed by atoms with E-state index in [4.69, 9.17) is 10.8 Å². The highest BCUT2D eigenvalue weighted by Crippen LogP contribution is 2.16. The van der Waals surface area contributed by atoms with Gasteiger partial charge in [-0.15, -0.1) is 0 Å². The summed E-state index contributed by atoms with van der Waals surface area (Å²) in [4.78, 5) is 33.4. The van der Waals surface area contributed by atoms with Crippen LogP contribution >= 0.6 is 0 Å². The van der Waals surface area contributed by atoms with Gasteiger partial charge in [0.15, 0.2) is 0 Å². The zero-order chi connectivity index (χ0) is 16.0. The number of nitrogens with one attached hydrogen (secondary N) is 1. The monoisotopic (exact) mass is 298 g/mol. The van der Waals surface area contributed by atoms with Crippen molar-refractivity contribution in [1.29, 1.82) is 0 Å². The molecule has 1 aromatic carbocycles. The van der Waals surface area contributed by atoms with Gasteiger partial charge in [0.05, 0.1) is 18.7 Å². The Morgan fingerprint density at radius 1 is 1.43 bits per heavy atom. The van der Waals surface area contributed by atoms with Crippen molar-refractivity contribution in [2.24, 2.45) is 5.73 Å². The molecule has 1 atom stereocenters. The number of carbonyl (C=O) groups excluding carboxylic acids is 2. The molecule has 21 heavy (non-hydrogen) atoms. The van der Waals surface area contributed by atoms with Crippen LogP contribution in [0.15, 0.2) is 18.2 Å². The number of hydrogen-bond donors (Lipinski definition) is 3. The van der Waals surface area contributed by atoms with Gasteiger partial charge in [0.25, 0.3) is 0 Å². The number of hydrogen-bond acceptors (Lipinski definition) is 5. The summed E-state index contributed by atoms with van der Waals surface area (Å²) in [5, 5.41) is 10.9. The van der Waals surface area contributed by atoms with Crippen molar-refractivity contribution in [3.8, 4) is 0 Å². The number of carboxylic acid groups (broad SMARTS) is 1. The number of ether oxygens (including phenoxy) is 1. The minimum atomic E-state index is -1.06. The van der Waals surface area contributed by atoms with Gasteiger partial charge in [-0.3, -0.25) is 9.59 Å². The number of anilines is 1. The molecule has 0 fully saturated rings. The summed E-state index contributed by atoms with van der Waals surface area (Å²) in [6, 6.07) is 2.35. The molecule has 0 aliphatic carbocycles. The van der Waals surface area contributed by atoms with E-state index >= 15 is 0 Å². The van der Waals surface area contributed by atoms with Gasteiger partial charge in [0.1, 0.15) is 5.82 Å². The number of carboxylic acids is 1. The van der Waals surface area contributed by atoms with Crippen LogP contribution in [0, 0.1) is 5.82 Å². The molecule has 114 valence electrons. The fourth-order valence-corrected chi connectivity index (χ4v) is 1.51. The summed E-state index contributed by atoms with van der Waals surface area (Å²) in [5.41, 5.74) is 5.36. The SMILES string of the molecule is COC(=O)c1cc(NC(=O)C(N)CCC(=O)O)ccc1F. The van der Waals surface area contributed by atoms with Crippen LogP contribution in [-0.4, -0.2) is 36.1 Å². The van der Waals surface area contributed by atoms with Gasteiger partial charge >= 0.3 is 11.9 Å². The minimum Gasteiger partial charge on any atom is -0.481 e. The summed E-state index contributed by atoms with van der Waals surface area (Å²) in [6.07, 6.45) is -0.280. The summed E-state index contributed by atoms with van der Waals surface area (Å²) in [6.45, 7) is 0. The molecule has 0 bridgehead atoms. The van der Waals surface area contributed by atoms with Crippen LogP contribution in [0.1, 0.15) is 23.2 Å². The number of aliphatic carboxylic acids is 1. The zero-order valence-electron chi connectivity index (χ0n) is 11.3. The molecule has 0 saturated heterocycles. The predicted octanol–water partition coefficient (Wildman–Crippen LogP) is 0.743. The lowest BCUT2D eigenvalue weighted by atomic mass is 10.1. The van der Waals surface area contributed by atoms with Crippen LogP contribution in [0.4, 0.5) is 10.1 Å². The molecular formula is C13H15FN2O5. The maximum Gasteiger partial charge on any atom is 0.340 e. The number of esters is 1. The van der Waals surface area contributed by atoms with Gasteiger partial charge in [-0.25, -0.2) is 9.18 Å². The van der Waals surface area contributed by atoms with E-state index in [0.29, 0.717) is 0 Å². The Kier molecular flexibility index (Phi) is 5.79. The first-order valence-electron chi connectivity index (χ1n) is 6.01. The van der Waals surface area contributed by atoms with Crippen molar-refractivity contribution in [2.45, 2.75) is 18.9 Å². The first kappa shape index (κ1) is 16.6. The fourth-order valence-electron chi connectivity index (χ4n) is 1.51. The van der Waals surface area contributed by atoms with Crippen molar-refractivity contribution >= 4 is 23.5 Å². The number of amides is 1. The lowest BCUT2D eigenvalue weighted by Gasteiger charge is -2.12. The Morgan fingerprint density at radius 2 is 2.10 bits per heavy atom. The van der Waals surface area contributed by atoms with Crippen molar-refractivity contribution in [3.05, 3.63) is 29.6 Å². The van der Waals surface area contributed by atoms with Gasteiger partial charge in [0.2, 0.25) is 5.91 Å². The lowest BCUT2D eigenvalue weighted by molar-refractivity contribution is -0.137. The minimum absolute atomic E-state index is 0.0355. The highest BCUT2D eigenvalue weighted by molar-refractivity contribution is 5.97. The van der Waals surface area contributed by atoms with E-state index in [1.807, 2.05) is 0 Å². The maximum atomic E-state index is 13.4. The molecule has 0 aliphatic rings. The van der Waals surface area contributed by atoms with E-state index in [1.54, 1.807) is 0 Å². The Balaban J connectivity index is 2.76. The van der Waals surface area contributed by atoms with Crippen LogP contribution in [0.5, 0.6) is 0 Å². The molecule has 8 heteroatoms. The van der Waals surface area contributed by atoms with Crippen molar-refractivity contribution in [2.75, 3.05) is 12.4 Å². The van der Waals surface area contributed by atoms with Gasteiger partial charge < -0.3 is 20.9 Å². The second-order valence-corrected chi connectivity index (χ2v) is 4.21. The van der Waals surface area contributed by atoms with Crippen LogP contribution in [-0.2, 0) is 14.3 Å². The molecule has 0 radical (unpaired) electrons. The first-order valence-corrected chi connectivity index (χ1v) is 6.01. The first-order chi connectivity index (χ1) is 9.85. The summed E-state index contributed by atoms with van der Waals surface area (Å²) < 4.78 is 17.8. The number of rotatable bonds is 6. The van der Waals surface area contributed by atoms with E-state index in [2.05, 4.69) is 10.1 Å². The third-order valence-electron chi connectivity index (χ3n) is 2.65. The van der Waals surface area contributed by atoms with Gasteiger partial charge in [-0.2, -0.15) is 0 Å². The Morgan fingerprint density at radius 3 is 2.67 bits per heavy atom. The molecule has 0 heterocycles. The van der Waals surface area contributed by atoms with Crippen LogP contribution in [0.25, 0.3) is 0 Å². The Bertz CT molecular complexity index is 561. The molecule has 0 spiro atoms. The van der Waals surface area contributed by atoms with E-state index in [0.717, 1.165) is 19.2 Å². The third-order valence-corrected chi connectivity index (χ3v) is 2.65. The molecule has 1 amide bonds. The van der Waals surface area contributed by atoms with E-state index in [-0.39, 0.29) is 24.1 Å². The molecule has 7 nitrogen and oxygen atoms in total. The van der Waals surface area contributed by atoms with Crippen molar-refractivity contribution in [1.82, 2.24) is 0 Å². The topological polar surface area (TPSA) is 119 Å². The number of halogens is 1. The molecule has 1 unspecified atom stereocenters. The zero-order valence-corrected chi connectivity index (χ0v) is 11.3. The summed E-state index contributed by atoms with van der Waals surface area (Å²) in [7, 11) is 1.11. The van der Waals surface area contributed by atoms with Gasteiger partial charge in [-0.05, 0) is 24.6 Å². The third kappa shape index (κ3) is 4.84. The predicted molar refractivity (Wildman–Crippen MR) is 71.2 cm³/mol. The van der Waals surface area contributed by atoms with Crippen molar-refractivity contribution < 1.29 is 28.6 Å². The molecule has 1 aromatic rings. The number of methoxy groups -OCH3 is 1. The number of carbonyl (C=O) groups is 3. The fraction of sp³-hybridized carbons (Fsp3) is 0.308. The van der Waals surface area contributed by atoms with E-state index in [9.17, 15) is 18.8 Å². The summed E-state index contributed by atoms with van der Waals surface area (Å²) >= 11 is 0. The molecule has 0 saturated carbocycles. The van der Waals surface area contributed by atoms with Crippen molar-refractivity contribution in [3.63, 3.8) is 0 Å². The second kappa shape index (κ2) is 7.34. The Hall–Kier alpha value is -2.48. The van der Waals surface area contributed by atoms with E-state index < -0.39 is 29.7 Å². The number of benzene rings is 1. The highest BCUT2D eigenvalue weighted by atomic mass is 19.1. The average molecular weight is 298 g/mol. The largest absolute Gasteiger partial charge is 0.481 e. The molecular weight excluding hydrogens is 283 g/mol. The lowest BCUT2D eigenvalue weighted by Crippen LogP contribution is -2.36.